The van der Waals surface area contributed by atoms with Crippen molar-refractivity contribution < 1.29 is 28.5 Å². The molecule has 2 rings (SSSR count). The fraction of sp³-hybridized carbons (Fsp3) is 0.636. The molecule has 1 aromatic rings. The van der Waals surface area contributed by atoms with E-state index in [2.05, 4.69) is 20.8 Å². The minimum Gasteiger partial charge on any atom is -0.493 e. The van der Waals surface area contributed by atoms with Gasteiger partial charge in [0.15, 0.2) is 18.1 Å². The number of hydrogen-bond donors (Lipinski definition) is 0. The Kier molecular flexibility index (Phi) is 8.15. The number of methoxy groups -OCH3 is 2. The van der Waals surface area contributed by atoms with Crippen LogP contribution in [0.15, 0.2) is 18.2 Å². The van der Waals surface area contributed by atoms with Gasteiger partial charge in [0.2, 0.25) is 0 Å². The highest BCUT2D eigenvalue weighted by Crippen LogP contribution is 2.35. The van der Waals surface area contributed by atoms with Crippen molar-refractivity contribution in [2.45, 2.75) is 52.6 Å². The highest BCUT2D eigenvalue weighted by Gasteiger charge is 2.33. The highest BCUT2D eigenvalue weighted by molar-refractivity contribution is 5.78. The van der Waals surface area contributed by atoms with Gasteiger partial charge in [-0.2, -0.15) is 0 Å². The van der Waals surface area contributed by atoms with Gasteiger partial charge in [0.05, 0.1) is 20.6 Å². The maximum atomic E-state index is 12.2. The molecule has 1 aromatic carbocycles. The van der Waals surface area contributed by atoms with Crippen molar-refractivity contribution in [3.63, 3.8) is 0 Å². The van der Waals surface area contributed by atoms with E-state index in [0.717, 1.165) is 24.8 Å². The van der Waals surface area contributed by atoms with Crippen LogP contribution in [0.5, 0.6) is 11.5 Å². The molecule has 0 unspecified atom stereocenters. The molecule has 0 heterocycles. The molecular formula is C22H32O6. The number of ether oxygens (including phenoxy) is 4. The summed E-state index contributed by atoms with van der Waals surface area (Å²) < 4.78 is 21.2. The molecule has 6 nitrogen and oxygen atoms in total. The predicted octanol–water partition coefficient (Wildman–Crippen LogP) is 3.79. The van der Waals surface area contributed by atoms with E-state index in [4.69, 9.17) is 18.9 Å². The number of rotatable bonds is 8. The predicted molar refractivity (Wildman–Crippen MR) is 105 cm³/mol. The average Bonchev–Trinajstić information content (AvgIpc) is 2.66. The number of carbonyl (C=O) groups is 2. The van der Waals surface area contributed by atoms with Gasteiger partial charge < -0.3 is 18.9 Å². The third-order valence-electron chi connectivity index (χ3n) is 5.39. The molecule has 28 heavy (non-hydrogen) atoms. The van der Waals surface area contributed by atoms with Crippen molar-refractivity contribution >= 4 is 11.9 Å². The van der Waals surface area contributed by atoms with Crippen molar-refractivity contribution in [1.82, 2.24) is 0 Å². The van der Waals surface area contributed by atoms with Crippen molar-refractivity contribution in [3.05, 3.63) is 23.8 Å². The van der Waals surface area contributed by atoms with Crippen LogP contribution in [-0.4, -0.2) is 38.9 Å². The second-order valence-electron chi connectivity index (χ2n) is 7.88. The fourth-order valence-corrected chi connectivity index (χ4v) is 3.80. The van der Waals surface area contributed by atoms with Gasteiger partial charge in [-0.3, -0.25) is 4.79 Å². The topological polar surface area (TPSA) is 71.1 Å². The summed E-state index contributed by atoms with van der Waals surface area (Å²) in [6.07, 6.45) is 3.05. The van der Waals surface area contributed by atoms with Crippen LogP contribution in [0.4, 0.5) is 0 Å². The molecule has 6 heteroatoms. The zero-order chi connectivity index (χ0) is 20.7. The molecule has 1 saturated carbocycles. The summed E-state index contributed by atoms with van der Waals surface area (Å²) in [6, 6.07) is 5.21. The van der Waals surface area contributed by atoms with E-state index < -0.39 is 11.9 Å². The fourth-order valence-electron chi connectivity index (χ4n) is 3.80. The van der Waals surface area contributed by atoms with E-state index in [9.17, 15) is 9.59 Å². The second-order valence-corrected chi connectivity index (χ2v) is 7.88. The van der Waals surface area contributed by atoms with Crippen LogP contribution in [0, 0.1) is 17.8 Å². The summed E-state index contributed by atoms with van der Waals surface area (Å²) in [4.78, 5) is 24.3. The Bertz CT molecular complexity index is 669. The van der Waals surface area contributed by atoms with E-state index in [1.54, 1.807) is 25.3 Å². The summed E-state index contributed by atoms with van der Waals surface area (Å²) in [5, 5.41) is 0. The Morgan fingerprint density at radius 1 is 1.07 bits per heavy atom. The van der Waals surface area contributed by atoms with Gasteiger partial charge in [-0.1, -0.05) is 33.3 Å². The molecule has 1 fully saturated rings. The number of benzene rings is 1. The molecule has 0 bridgehead atoms. The third kappa shape index (κ3) is 6.14. The number of hydrogen-bond acceptors (Lipinski definition) is 6. The second kappa shape index (κ2) is 10.3. The molecule has 0 saturated heterocycles. The van der Waals surface area contributed by atoms with E-state index in [1.165, 1.54) is 7.11 Å². The quantitative estimate of drug-likeness (QED) is 0.627. The van der Waals surface area contributed by atoms with Crippen molar-refractivity contribution in [2.75, 3.05) is 20.8 Å². The van der Waals surface area contributed by atoms with Crippen LogP contribution in [-0.2, 0) is 25.5 Å². The number of carbonyl (C=O) groups excluding carboxylic acids is 2. The lowest BCUT2D eigenvalue weighted by Gasteiger charge is -2.36. The van der Waals surface area contributed by atoms with Crippen molar-refractivity contribution in [3.8, 4) is 11.5 Å². The third-order valence-corrected chi connectivity index (χ3v) is 5.39. The Balaban J connectivity index is 1.84. The standard InChI is InChI=1S/C22H32O6/c1-14(2)17-8-6-15(3)10-19(17)28-22(24)13-27-21(23)12-16-7-9-18(25-4)20(11-16)26-5/h7,9,11,14-15,17,19H,6,8,10,12-13H2,1-5H3/t15-,17+,19-/m0/s1. The van der Waals surface area contributed by atoms with Gasteiger partial charge in [0, 0.05) is 0 Å². The first-order chi connectivity index (χ1) is 13.3. The number of esters is 2. The lowest BCUT2D eigenvalue weighted by atomic mass is 9.75. The van der Waals surface area contributed by atoms with Crippen LogP contribution < -0.4 is 9.47 Å². The summed E-state index contributed by atoms with van der Waals surface area (Å²) in [7, 11) is 3.08. The van der Waals surface area contributed by atoms with Crippen LogP contribution in [0.1, 0.15) is 45.6 Å². The lowest BCUT2D eigenvalue weighted by Crippen LogP contribution is -2.36. The molecule has 3 atom stereocenters. The Hall–Kier alpha value is -2.24. The SMILES string of the molecule is COc1ccc(CC(=O)OCC(=O)O[C@H]2C[C@@H](C)CC[C@@H]2C(C)C)cc1OC. The zero-order valence-corrected chi connectivity index (χ0v) is 17.5. The van der Waals surface area contributed by atoms with E-state index in [-0.39, 0.29) is 19.1 Å². The van der Waals surface area contributed by atoms with E-state index in [1.807, 2.05) is 0 Å². The monoisotopic (exact) mass is 392 g/mol. The molecule has 0 radical (unpaired) electrons. The van der Waals surface area contributed by atoms with Crippen molar-refractivity contribution in [2.24, 2.45) is 17.8 Å². The Morgan fingerprint density at radius 3 is 2.43 bits per heavy atom. The minimum atomic E-state index is -0.485. The first kappa shape index (κ1) is 22.1. The Morgan fingerprint density at radius 2 is 1.79 bits per heavy atom. The van der Waals surface area contributed by atoms with Gasteiger partial charge in [0.1, 0.15) is 6.10 Å². The molecule has 0 spiro atoms. The Labute approximate surface area is 167 Å². The molecule has 156 valence electrons. The molecular weight excluding hydrogens is 360 g/mol. The van der Waals surface area contributed by atoms with Gasteiger partial charge in [0.25, 0.3) is 0 Å². The average molecular weight is 392 g/mol. The summed E-state index contributed by atoms with van der Waals surface area (Å²) in [5.74, 6) is 1.52. The zero-order valence-electron chi connectivity index (χ0n) is 17.5. The first-order valence-corrected chi connectivity index (χ1v) is 9.90. The molecule has 1 aliphatic carbocycles. The van der Waals surface area contributed by atoms with E-state index >= 15 is 0 Å². The van der Waals surface area contributed by atoms with Crippen LogP contribution >= 0.6 is 0 Å². The van der Waals surface area contributed by atoms with Gasteiger partial charge in [-0.05, 0) is 48.3 Å². The van der Waals surface area contributed by atoms with Gasteiger partial charge >= 0.3 is 11.9 Å². The molecule has 1 aliphatic rings. The summed E-state index contributed by atoms with van der Waals surface area (Å²) in [5.41, 5.74) is 0.719. The molecule has 0 aliphatic heterocycles. The normalized spacial score (nSPS) is 21.9. The largest absolute Gasteiger partial charge is 0.493 e. The van der Waals surface area contributed by atoms with E-state index in [0.29, 0.717) is 29.3 Å². The summed E-state index contributed by atoms with van der Waals surface area (Å²) in [6.45, 7) is 6.14. The molecule has 0 N–H and O–H groups in total. The van der Waals surface area contributed by atoms with Crippen LogP contribution in [0.25, 0.3) is 0 Å². The van der Waals surface area contributed by atoms with Crippen molar-refractivity contribution in [1.29, 1.82) is 0 Å². The van der Waals surface area contributed by atoms with Crippen LogP contribution in [0.2, 0.25) is 0 Å². The minimum absolute atomic E-state index is 0.0444. The molecule has 0 amide bonds. The highest BCUT2D eigenvalue weighted by atomic mass is 16.6. The smallest absolute Gasteiger partial charge is 0.344 e. The maximum Gasteiger partial charge on any atom is 0.344 e. The van der Waals surface area contributed by atoms with Crippen LogP contribution in [0.3, 0.4) is 0 Å². The molecule has 0 aromatic heterocycles. The van der Waals surface area contributed by atoms with Gasteiger partial charge in [-0.25, -0.2) is 4.79 Å². The maximum absolute atomic E-state index is 12.2. The first-order valence-electron chi connectivity index (χ1n) is 9.90. The summed E-state index contributed by atoms with van der Waals surface area (Å²) >= 11 is 0. The lowest BCUT2D eigenvalue weighted by molar-refractivity contribution is -0.166. The van der Waals surface area contributed by atoms with Gasteiger partial charge in [-0.15, -0.1) is 0 Å².